The minimum Gasteiger partial charge on any atom is -0.471 e. The van der Waals surface area contributed by atoms with Gasteiger partial charge in [-0.15, -0.1) is 0 Å². The smallest absolute Gasteiger partial charge is 0.339 e. The molecule has 3 fully saturated rings. The molecule has 11 atom stereocenters. The molecule has 3 aliphatic heterocycles. The maximum atomic E-state index is 12.1. The van der Waals surface area contributed by atoms with E-state index in [0.29, 0.717) is 0 Å². The number of epoxide rings is 1. The fourth-order valence-electron chi connectivity index (χ4n) is 4.58. The zero-order valence-electron chi connectivity index (χ0n) is 15.6. The topological polar surface area (TPSA) is 188 Å². The van der Waals surface area contributed by atoms with Gasteiger partial charge in [0.15, 0.2) is 6.29 Å². The third kappa shape index (κ3) is 2.76. The molecule has 0 aromatic heterocycles. The van der Waals surface area contributed by atoms with Crippen LogP contribution in [0.2, 0.25) is 0 Å². The van der Waals surface area contributed by atoms with Gasteiger partial charge in [-0.25, -0.2) is 4.79 Å². The molecule has 0 unspecified atom stereocenters. The van der Waals surface area contributed by atoms with E-state index in [2.05, 4.69) is 4.74 Å². The molecule has 6 N–H and O–H groups in total. The number of carbonyl (C=O) groups is 1. The van der Waals surface area contributed by atoms with Crippen molar-refractivity contribution < 1.29 is 59.1 Å². The Labute approximate surface area is 164 Å². The van der Waals surface area contributed by atoms with Crippen LogP contribution in [-0.2, 0) is 28.5 Å². The molecule has 0 spiro atoms. The van der Waals surface area contributed by atoms with E-state index in [4.69, 9.17) is 18.9 Å². The van der Waals surface area contributed by atoms with E-state index in [-0.39, 0.29) is 5.57 Å². The Balaban J connectivity index is 1.64. The van der Waals surface area contributed by atoms with Crippen LogP contribution in [0.15, 0.2) is 11.8 Å². The summed E-state index contributed by atoms with van der Waals surface area (Å²) in [4.78, 5) is 12.1. The van der Waals surface area contributed by atoms with Crippen molar-refractivity contribution in [2.45, 2.75) is 67.3 Å². The average molecular weight is 420 g/mol. The minimum atomic E-state index is -2.12. The maximum absolute atomic E-state index is 12.1. The number of methoxy groups -OCH3 is 1. The summed E-state index contributed by atoms with van der Waals surface area (Å²) in [6, 6.07) is 0. The van der Waals surface area contributed by atoms with E-state index in [1.807, 2.05) is 0 Å². The Kier molecular flexibility index (Phi) is 4.93. The number of hydrogen-bond acceptors (Lipinski definition) is 12. The molecule has 4 aliphatic rings. The van der Waals surface area contributed by atoms with Crippen molar-refractivity contribution in [1.82, 2.24) is 0 Å². The lowest BCUT2D eigenvalue weighted by atomic mass is 9.77. The maximum Gasteiger partial charge on any atom is 0.339 e. The summed E-state index contributed by atoms with van der Waals surface area (Å²) in [5.41, 5.74) is -3.55. The van der Waals surface area contributed by atoms with Gasteiger partial charge in [0, 0.05) is 0 Å². The SMILES string of the molecule is COC(=O)C1=CO[C@@H](O[C@@H]2O[C@@H](CO)[C@@H](O)[C@@H](O)[C@@H]2O)[C@@H]2[C@@]3(C)O[C@H]3[C@@H](O)[C@]12O. The Morgan fingerprint density at radius 2 is 1.86 bits per heavy atom. The molecular formula is C17H24O12. The molecule has 29 heavy (non-hydrogen) atoms. The first-order valence-corrected chi connectivity index (χ1v) is 9.09. The first-order valence-electron chi connectivity index (χ1n) is 9.09. The molecule has 0 aromatic carbocycles. The Bertz CT molecular complexity index is 711. The van der Waals surface area contributed by atoms with E-state index < -0.39 is 78.9 Å². The molecule has 2 saturated heterocycles. The standard InChI is InChI=1S/C17H24O12/c1-16-10-15(28-14-9(21)8(20)7(19)6(3-18)27-14)26-4-5(13(23)25-2)17(10,24)11(22)12(16)29-16/h4,6-12,14-15,18-22,24H,3H2,1-2H3/t6-,7+,8+,9-,10+,11+,12-,14-,15-,16+,17-/m0/s1. The highest BCUT2D eigenvalue weighted by Gasteiger charge is 2.81. The average Bonchev–Trinajstić information content (AvgIpc) is 3.34. The van der Waals surface area contributed by atoms with Crippen LogP contribution in [-0.4, -0.2) is 111 Å². The van der Waals surface area contributed by atoms with E-state index in [0.717, 1.165) is 13.4 Å². The zero-order chi connectivity index (χ0) is 21.3. The van der Waals surface area contributed by atoms with Crippen LogP contribution >= 0.6 is 0 Å². The summed E-state index contributed by atoms with van der Waals surface area (Å²) in [5, 5.41) is 61.2. The lowest BCUT2D eigenvalue weighted by Crippen LogP contribution is -2.63. The normalized spacial score (nSPS) is 53.4. The van der Waals surface area contributed by atoms with Gasteiger partial charge >= 0.3 is 5.97 Å². The molecule has 4 rings (SSSR count). The molecule has 1 aliphatic carbocycles. The van der Waals surface area contributed by atoms with Crippen molar-refractivity contribution >= 4 is 5.97 Å². The van der Waals surface area contributed by atoms with E-state index >= 15 is 0 Å². The number of carbonyl (C=O) groups excluding carboxylic acids is 1. The van der Waals surface area contributed by atoms with Crippen LogP contribution in [0.4, 0.5) is 0 Å². The van der Waals surface area contributed by atoms with Crippen LogP contribution < -0.4 is 0 Å². The molecule has 12 heteroatoms. The third-order valence-electron chi connectivity index (χ3n) is 6.26. The van der Waals surface area contributed by atoms with Crippen molar-refractivity contribution in [2.24, 2.45) is 5.92 Å². The van der Waals surface area contributed by atoms with Crippen molar-refractivity contribution in [3.63, 3.8) is 0 Å². The van der Waals surface area contributed by atoms with Gasteiger partial charge in [-0.1, -0.05) is 0 Å². The number of rotatable bonds is 4. The van der Waals surface area contributed by atoms with Crippen LogP contribution in [0, 0.1) is 5.92 Å². The van der Waals surface area contributed by atoms with Gasteiger partial charge in [-0.05, 0) is 6.92 Å². The Morgan fingerprint density at radius 3 is 2.48 bits per heavy atom. The highest BCUT2D eigenvalue weighted by molar-refractivity contribution is 5.91. The summed E-state index contributed by atoms with van der Waals surface area (Å²) in [7, 11) is 1.11. The first-order chi connectivity index (χ1) is 13.6. The molecule has 0 radical (unpaired) electrons. The van der Waals surface area contributed by atoms with E-state index in [1.165, 1.54) is 0 Å². The van der Waals surface area contributed by atoms with Gasteiger partial charge in [0.05, 0.1) is 19.6 Å². The highest BCUT2D eigenvalue weighted by Crippen LogP contribution is 2.63. The summed E-state index contributed by atoms with van der Waals surface area (Å²) in [5.74, 6) is -2.03. The predicted molar refractivity (Wildman–Crippen MR) is 87.5 cm³/mol. The number of esters is 1. The van der Waals surface area contributed by atoms with Gasteiger partial charge in [-0.2, -0.15) is 0 Å². The van der Waals surface area contributed by atoms with Crippen LogP contribution in [0.25, 0.3) is 0 Å². The first kappa shape index (κ1) is 20.9. The second kappa shape index (κ2) is 6.83. The van der Waals surface area contributed by atoms with Gasteiger partial charge in [-0.3, -0.25) is 0 Å². The zero-order valence-corrected chi connectivity index (χ0v) is 15.6. The molecule has 0 aromatic rings. The number of aliphatic hydroxyl groups excluding tert-OH is 5. The van der Waals surface area contributed by atoms with Crippen molar-refractivity contribution in [1.29, 1.82) is 0 Å². The fraction of sp³-hybridized carbons (Fsp3) is 0.824. The molecule has 1 saturated carbocycles. The highest BCUT2D eigenvalue weighted by atomic mass is 16.8. The van der Waals surface area contributed by atoms with Crippen molar-refractivity contribution in [3.05, 3.63) is 11.8 Å². The van der Waals surface area contributed by atoms with Crippen molar-refractivity contribution in [3.8, 4) is 0 Å². The monoisotopic (exact) mass is 420 g/mol. The summed E-state index contributed by atoms with van der Waals surface area (Å²) >= 11 is 0. The summed E-state index contributed by atoms with van der Waals surface area (Å²) < 4.78 is 26.5. The van der Waals surface area contributed by atoms with Gasteiger partial charge in [0.1, 0.15) is 59.7 Å². The molecule has 3 heterocycles. The summed E-state index contributed by atoms with van der Waals surface area (Å²) in [6.45, 7) is 0.939. The molecule has 0 amide bonds. The third-order valence-corrected chi connectivity index (χ3v) is 6.26. The molecule has 0 bridgehead atoms. The van der Waals surface area contributed by atoms with Crippen LogP contribution in [0.1, 0.15) is 6.92 Å². The summed E-state index contributed by atoms with van der Waals surface area (Å²) in [6.07, 6.45) is -10.5. The molecule has 164 valence electrons. The van der Waals surface area contributed by atoms with Gasteiger partial charge < -0.3 is 54.3 Å². The number of fused-ring (bicyclic) bond motifs is 3. The Hall–Kier alpha value is -1.35. The number of hydrogen-bond donors (Lipinski definition) is 6. The van der Waals surface area contributed by atoms with Gasteiger partial charge in [0.25, 0.3) is 0 Å². The van der Waals surface area contributed by atoms with Crippen LogP contribution in [0.5, 0.6) is 0 Å². The largest absolute Gasteiger partial charge is 0.471 e. The molecule has 12 nitrogen and oxygen atoms in total. The van der Waals surface area contributed by atoms with Gasteiger partial charge in [0.2, 0.25) is 6.29 Å². The van der Waals surface area contributed by atoms with Crippen LogP contribution in [0.3, 0.4) is 0 Å². The predicted octanol–water partition coefficient (Wildman–Crippen LogP) is -3.90. The second-order valence-electron chi connectivity index (χ2n) is 7.83. The second-order valence-corrected chi connectivity index (χ2v) is 7.83. The Morgan fingerprint density at radius 1 is 1.17 bits per heavy atom. The van der Waals surface area contributed by atoms with Crippen molar-refractivity contribution in [2.75, 3.05) is 13.7 Å². The molecular weight excluding hydrogens is 396 g/mol. The van der Waals surface area contributed by atoms with E-state index in [1.54, 1.807) is 6.92 Å². The number of ether oxygens (including phenoxy) is 5. The quantitative estimate of drug-likeness (QED) is 0.192. The minimum absolute atomic E-state index is 0.317. The number of aliphatic hydroxyl groups is 6. The fourth-order valence-corrected chi connectivity index (χ4v) is 4.58. The lowest BCUT2D eigenvalue weighted by molar-refractivity contribution is -0.350. The lowest BCUT2D eigenvalue weighted by Gasteiger charge is -2.46. The van der Waals surface area contributed by atoms with E-state index in [9.17, 15) is 35.4 Å².